The summed E-state index contributed by atoms with van der Waals surface area (Å²) in [6.45, 7) is 3.18. The molecule has 1 heterocycles. The topological polar surface area (TPSA) is 60.9 Å². The van der Waals surface area contributed by atoms with Crippen LogP contribution in [0.5, 0.6) is 0 Å². The van der Waals surface area contributed by atoms with Crippen molar-refractivity contribution in [2.24, 2.45) is 5.92 Å². The number of nitrogens with zero attached hydrogens (tertiary/aromatic N) is 2. The molecule has 0 aromatic rings. The third-order valence-corrected chi connectivity index (χ3v) is 4.96. The normalized spacial score (nSPS) is 28.4. The Morgan fingerprint density at radius 1 is 1.25 bits per heavy atom. The number of likely N-dealkylation sites (tertiary alicyclic amines) is 1. The number of hydrogen-bond donors (Lipinski definition) is 1. The van der Waals surface area contributed by atoms with Gasteiger partial charge in [0.1, 0.15) is 6.04 Å². The molecule has 20 heavy (non-hydrogen) atoms. The van der Waals surface area contributed by atoms with Gasteiger partial charge in [-0.15, -0.1) is 0 Å². The van der Waals surface area contributed by atoms with Crippen LogP contribution in [-0.4, -0.2) is 58.0 Å². The Bertz CT molecular complexity index is 404. The zero-order chi connectivity index (χ0) is 14.3. The third-order valence-electron chi connectivity index (χ3n) is 4.96. The van der Waals surface area contributed by atoms with E-state index >= 15 is 0 Å². The zero-order valence-corrected chi connectivity index (χ0v) is 12.1. The molecule has 2 saturated carbocycles. The summed E-state index contributed by atoms with van der Waals surface area (Å²) >= 11 is 0. The summed E-state index contributed by atoms with van der Waals surface area (Å²) in [5.74, 6) is 0.0250. The van der Waals surface area contributed by atoms with Crippen LogP contribution in [0.2, 0.25) is 0 Å². The molecule has 0 aromatic carbocycles. The van der Waals surface area contributed by atoms with Crippen LogP contribution in [0.4, 0.5) is 0 Å². The maximum absolute atomic E-state index is 12.6. The van der Waals surface area contributed by atoms with E-state index in [-0.39, 0.29) is 12.5 Å². The number of carboxylic acids is 1. The molecule has 1 unspecified atom stereocenters. The van der Waals surface area contributed by atoms with E-state index in [0.29, 0.717) is 24.4 Å². The minimum absolute atomic E-state index is 0.139. The van der Waals surface area contributed by atoms with E-state index in [2.05, 4.69) is 11.8 Å². The molecule has 1 N–H and O–H groups in total. The van der Waals surface area contributed by atoms with Crippen LogP contribution in [0.1, 0.15) is 45.4 Å². The first-order chi connectivity index (χ1) is 9.58. The molecule has 1 aliphatic heterocycles. The van der Waals surface area contributed by atoms with Crippen molar-refractivity contribution < 1.29 is 14.7 Å². The fraction of sp³-hybridized carbons (Fsp3) is 0.867. The van der Waals surface area contributed by atoms with Gasteiger partial charge in [-0.05, 0) is 57.9 Å². The Morgan fingerprint density at radius 2 is 1.95 bits per heavy atom. The van der Waals surface area contributed by atoms with Gasteiger partial charge in [0.05, 0.1) is 6.54 Å². The Hall–Kier alpha value is -1.10. The lowest BCUT2D eigenvalue weighted by Gasteiger charge is -2.32. The Kier molecular flexibility index (Phi) is 3.71. The predicted molar refractivity (Wildman–Crippen MR) is 74.3 cm³/mol. The molecule has 0 bridgehead atoms. The summed E-state index contributed by atoms with van der Waals surface area (Å²) in [7, 11) is 0. The van der Waals surface area contributed by atoms with Crippen LogP contribution in [-0.2, 0) is 9.59 Å². The molecule has 2 atom stereocenters. The summed E-state index contributed by atoms with van der Waals surface area (Å²) in [6, 6.07) is 0.293. The molecule has 3 fully saturated rings. The number of carboxylic acid groups (broad SMARTS) is 1. The second-order valence-electron chi connectivity index (χ2n) is 6.58. The predicted octanol–water partition coefficient (Wildman–Crippen LogP) is 1.32. The van der Waals surface area contributed by atoms with Crippen LogP contribution in [0, 0.1) is 5.92 Å². The molecule has 5 nitrogen and oxygen atoms in total. The van der Waals surface area contributed by atoms with E-state index in [1.54, 1.807) is 0 Å². The summed E-state index contributed by atoms with van der Waals surface area (Å²) in [5, 5.41) is 9.20. The molecule has 2 aliphatic carbocycles. The van der Waals surface area contributed by atoms with Crippen LogP contribution in [0.25, 0.3) is 0 Å². The summed E-state index contributed by atoms with van der Waals surface area (Å²) in [5.41, 5.74) is 0. The van der Waals surface area contributed by atoms with Gasteiger partial charge >= 0.3 is 5.97 Å². The second kappa shape index (κ2) is 5.35. The molecule has 3 rings (SSSR count). The number of aliphatic carboxylic acids is 1. The molecule has 3 aliphatic rings. The molecule has 0 radical (unpaired) electrons. The molecular weight excluding hydrogens is 256 g/mol. The van der Waals surface area contributed by atoms with Crippen molar-refractivity contribution in [3.05, 3.63) is 0 Å². The van der Waals surface area contributed by atoms with Crippen LogP contribution in [0.3, 0.4) is 0 Å². The monoisotopic (exact) mass is 280 g/mol. The summed E-state index contributed by atoms with van der Waals surface area (Å²) in [6.07, 6.45) is 6.25. The fourth-order valence-electron chi connectivity index (χ4n) is 3.47. The van der Waals surface area contributed by atoms with E-state index in [9.17, 15) is 14.7 Å². The van der Waals surface area contributed by atoms with E-state index in [1.807, 2.05) is 4.90 Å². The highest BCUT2D eigenvalue weighted by molar-refractivity contribution is 5.81. The second-order valence-corrected chi connectivity index (χ2v) is 6.58. The standard InChI is InChI=1S/C15H24N2O3/c1-10(11-4-5-11)17(12-6-7-12)14(18)9-16-8-2-3-13(16)15(19)20/h10-13H,2-9H2,1H3,(H,19,20)/t10?,13-/m1/s1. The van der Waals surface area contributed by atoms with E-state index in [4.69, 9.17) is 0 Å². The van der Waals surface area contributed by atoms with Gasteiger partial charge in [0.25, 0.3) is 0 Å². The lowest BCUT2D eigenvalue weighted by atomic mass is 10.1. The maximum Gasteiger partial charge on any atom is 0.320 e. The molecule has 1 saturated heterocycles. The average Bonchev–Trinajstić information content (AvgIpc) is 3.28. The molecule has 1 amide bonds. The first-order valence-electron chi connectivity index (χ1n) is 7.86. The molecule has 0 spiro atoms. The van der Waals surface area contributed by atoms with Gasteiger partial charge in [0.2, 0.25) is 5.91 Å². The largest absolute Gasteiger partial charge is 0.480 e. The number of amides is 1. The zero-order valence-electron chi connectivity index (χ0n) is 12.1. The highest BCUT2D eigenvalue weighted by atomic mass is 16.4. The highest BCUT2D eigenvalue weighted by Gasteiger charge is 2.42. The Morgan fingerprint density at radius 3 is 2.50 bits per heavy atom. The van der Waals surface area contributed by atoms with E-state index in [0.717, 1.165) is 25.8 Å². The smallest absolute Gasteiger partial charge is 0.320 e. The SMILES string of the molecule is CC(C1CC1)N(C(=O)CN1CCC[C@@H]1C(=O)O)C1CC1. The minimum atomic E-state index is -0.788. The van der Waals surface area contributed by atoms with Crippen LogP contribution in [0.15, 0.2) is 0 Å². The number of hydrogen-bond acceptors (Lipinski definition) is 3. The Balaban J connectivity index is 1.62. The van der Waals surface area contributed by atoms with Gasteiger partial charge in [-0.2, -0.15) is 0 Å². The lowest BCUT2D eigenvalue weighted by molar-refractivity contribution is -0.144. The summed E-state index contributed by atoms with van der Waals surface area (Å²) in [4.78, 5) is 27.7. The number of carbonyl (C=O) groups is 2. The maximum atomic E-state index is 12.6. The van der Waals surface area contributed by atoms with E-state index in [1.165, 1.54) is 12.8 Å². The van der Waals surface area contributed by atoms with Gasteiger partial charge in [-0.25, -0.2) is 0 Å². The van der Waals surface area contributed by atoms with Gasteiger partial charge in [-0.3, -0.25) is 14.5 Å². The van der Waals surface area contributed by atoms with Gasteiger partial charge in [0, 0.05) is 12.1 Å². The molecule has 0 aromatic heterocycles. The van der Waals surface area contributed by atoms with Crippen molar-refractivity contribution in [3.8, 4) is 0 Å². The van der Waals surface area contributed by atoms with Crippen molar-refractivity contribution in [2.45, 2.75) is 63.6 Å². The van der Waals surface area contributed by atoms with Crippen molar-refractivity contribution in [3.63, 3.8) is 0 Å². The summed E-state index contributed by atoms with van der Waals surface area (Å²) < 4.78 is 0. The van der Waals surface area contributed by atoms with Gasteiger partial charge in [-0.1, -0.05) is 0 Å². The number of rotatable bonds is 6. The molecular formula is C15H24N2O3. The third kappa shape index (κ3) is 2.82. The highest BCUT2D eigenvalue weighted by Crippen LogP contribution is 2.39. The lowest BCUT2D eigenvalue weighted by Crippen LogP contribution is -2.48. The van der Waals surface area contributed by atoms with Crippen molar-refractivity contribution in [2.75, 3.05) is 13.1 Å². The minimum Gasteiger partial charge on any atom is -0.480 e. The first kappa shape index (κ1) is 13.9. The van der Waals surface area contributed by atoms with Crippen LogP contribution >= 0.6 is 0 Å². The quantitative estimate of drug-likeness (QED) is 0.797. The van der Waals surface area contributed by atoms with Gasteiger partial charge < -0.3 is 10.0 Å². The van der Waals surface area contributed by atoms with E-state index < -0.39 is 12.0 Å². The fourth-order valence-corrected chi connectivity index (χ4v) is 3.47. The van der Waals surface area contributed by atoms with Crippen molar-refractivity contribution in [1.82, 2.24) is 9.80 Å². The average molecular weight is 280 g/mol. The van der Waals surface area contributed by atoms with Crippen LogP contribution < -0.4 is 0 Å². The molecule has 112 valence electrons. The van der Waals surface area contributed by atoms with Crippen molar-refractivity contribution >= 4 is 11.9 Å². The van der Waals surface area contributed by atoms with Crippen molar-refractivity contribution in [1.29, 1.82) is 0 Å². The molecule has 5 heteroatoms. The van der Waals surface area contributed by atoms with Gasteiger partial charge in [0.15, 0.2) is 0 Å². The number of carbonyl (C=O) groups excluding carboxylic acids is 1. The Labute approximate surface area is 119 Å². The first-order valence-corrected chi connectivity index (χ1v) is 7.86.